The van der Waals surface area contributed by atoms with Gasteiger partial charge in [0.05, 0.1) is 0 Å². The van der Waals surface area contributed by atoms with E-state index in [4.69, 9.17) is 3.79 Å². The average molecular weight is 310 g/mol. The van der Waals surface area contributed by atoms with Gasteiger partial charge in [0.2, 0.25) is 15.2 Å². The lowest BCUT2D eigenvalue weighted by Crippen LogP contribution is -2.43. The molecule has 0 aromatic carbocycles. The van der Waals surface area contributed by atoms with Crippen LogP contribution in [0.3, 0.4) is 0 Å². The first kappa shape index (κ1) is 21.0. The van der Waals surface area contributed by atoms with Crippen LogP contribution in [-0.2, 0) is 3.79 Å². The summed E-state index contributed by atoms with van der Waals surface area (Å²) in [5.41, 5.74) is 0. The van der Waals surface area contributed by atoms with Crippen LogP contribution < -0.4 is 0 Å². The minimum absolute atomic E-state index is 0.168. The van der Waals surface area contributed by atoms with E-state index < -0.39 is 0 Å². The van der Waals surface area contributed by atoms with Crippen molar-refractivity contribution >= 4 is 30.8 Å². The van der Waals surface area contributed by atoms with Crippen LogP contribution in [0.25, 0.3) is 0 Å². The monoisotopic (exact) mass is 310 g/mol. The molecule has 0 unspecified atom stereocenters. The summed E-state index contributed by atoms with van der Waals surface area (Å²) in [5.74, 6) is 3.08. The Hall–Kier alpha value is 1.02. The summed E-state index contributed by atoms with van der Waals surface area (Å²) >= 11 is 0.569. The molecule has 0 saturated carbocycles. The van der Waals surface area contributed by atoms with Crippen LogP contribution in [0.4, 0.5) is 0 Å². The van der Waals surface area contributed by atoms with Crippen LogP contribution in [0, 0.1) is 23.7 Å². The minimum atomic E-state index is 0.168. The summed E-state index contributed by atoms with van der Waals surface area (Å²) in [7, 11) is 0. The van der Waals surface area contributed by atoms with Gasteiger partial charge in [-0.15, -0.1) is 0 Å². The Morgan fingerprint density at radius 3 is 1.50 bits per heavy atom. The van der Waals surface area contributed by atoms with Gasteiger partial charge in [-0.05, 0) is 29.1 Å². The average Bonchev–Trinajstić information content (AvgIpc) is 2.24. The standard InChI is InChI=1S/C9H18O.2C4H9.2Al/c1-7(2)5-9(10)6-8(3)4;2*1-4(2)3;;/h7-8H,5-6H2,1-4H3;2*4H,1H2,2-3H3;;/q-1;;;;+1. The Labute approximate surface area is 141 Å². The molecular weight excluding hydrogens is 274 g/mol. The lowest BCUT2D eigenvalue weighted by molar-refractivity contribution is 0.106. The van der Waals surface area contributed by atoms with Crippen LogP contribution >= 0.6 is 0 Å². The molecule has 2 radical (unpaired) electrons. The fourth-order valence-electron chi connectivity index (χ4n) is 2.63. The van der Waals surface area contributed by atoms with E-state index in [0.29, 0.717) is 15.2 Å². The molecule has 0 amide bonds. The molecule has 0 heterocycles. The highest BCUT2D eigenvalue weighted by Gasteiger charge is 2.32. The van der Waals surface area contributed by atoms with Crippen molar-refractivity contribution in [1.29, 1.82) is 0 Å². The third-order valence-electron chi connectivity index (χ3n) is 3.35. The van der Waals surface area contributed by atoms with Crippen molar-refractivity contribution in [2.24, 2.45) is 23.7 Å². The third kappa shape index (κ3) is 10.7. The quantitative estimate of drug-likeness (QED) is 0.473. The fraction of sp³-hybridized carbons (Fsp3) is 1.00. The molecule has 1 nitrogen and oxygen atoms in total. The molecule has 3 heteroatoms. The summed E-state index contributed by atoms with van der Waals surface area (Å²) in [6.45, 7) is 18.7. The summed E-state index contributed by atoms with van der Waals surface area (Å²) in [5, 5.41) is 2.65. The van der Waals surface area contributed by atoms with E-state index in [9.17, 15) is 0 Å². The first-order chi connectivity index (χ1) is 9.17. The predicted molar refractivity (Wildman–Crippen MR) is 93.5 cm³/mol. The summed E-state index contributed by atoms with van der Waals surface area (Å²) < 4.78 is 6.87. The van der Waals surface area contributed by atoms with Gasteiger partial charge >= 0.3 is 15.6 Å². The topological polar surface area (TPSA) is 9.23 Å². The van der Waals surface area contributed by atoms with Gasteiger partial charge in [-0.25, -0.2) is 0 Å². The highest BCUT2D eigenvalue weighted by molar-refractivity contribution is 6.41. The second-order valence-corrected chi connectivity index (χ2v) is 11.0. The molecule has 0 spiro atoms. The zero-order valence-electron chi connectivity index (χ0n) is 15.2. The van der Waals surface area contributed by atoms with Gasteiger partial charge in [-0.1, -0.05) is 77.8 Å². The molecule has 0 rings (SSSR count). The predicted octanol–water partition coefficient (Wildman–Crippen LogP) is 5.26. The van der Waals surface area contributed by atoms with Crippen molar-refractivity contribution in [3.8, 4) is 0 Å². The Morgan fingerprint density at radius 1 is 0.700 bits per heavy atom. The fourth-order valence-corrected chi connectivity index (χ4v) is 6.49. The SMILES string of the molecule is CC(C)[CH2][Al][O][C](CC(C)C)(CC(C)C)[Al][CH2]C(C)C. The molecular formula is C17H36Al2O. The van der Waals surface area contributed by atoms with Crippen molar-refractivity contribution in [2.75, 3.05) is 0 Å². The van der Waals surface area contributed by atoms with Crippen molar-refractivity contribution in [3.05, 3.63) is 0 Å². The van der Waals surface area contributed by atoms with Crippen LogP contribution in [0.2, 0.25) is 10.6 Å². The van der Waals surface area contributed by atoms with Gasteiger partial charge in [0.1, 0.15) is 0 Å². The minimum Gasteiger partial charge on any atom is -0.514 e. The van der Waals surface area contributed by atoms with Crippen molar-refractivity contribution in [2.45, 2.75) is 83.3 Å². The molecule has 0 bridgehead atoms. The third-order valence-corrected chi connectivity index (χ3v) is 7.93. The zero-order chi connectivity index (χ0) is 15.8. The molecule has 0 aliphatic carbocycles. The Balaban J connectivity index is 4.78. The largest absolute Gasteiger partial charge is 0.514 e. The zero-order valence-corrected chi connectivity index (χ0v) is 17.5. The van der Waals surface area contributed by atoms with E-state index >= 15 is 0 Å². The maximum absolute atomic E-state index is 6.63. The van der Waals surface area contributed by atoms with E-state index in [0.717, 1.165) is 23.7 Å². The Kier molecular flexibility index (Phi) is 11.2. The lowest BCUT2D eigenvalue weighted by Gasteiger charge is -2.40. The first-order valence-corrected chi connectivity index (χ1v) is 11.2. The van der Waals surface area contributed by atoms with Crippen LogP contribution in [0.1, 0.15) is 68.2 Å². The van der Waals surface area contributed by atoms with Crippen molar-refractivity contribution in [1.82, 2.24) is 0 Å². The van der Waals surface area contributed by atoms with Gasteiger partial charge < -0.3 is 3.79 Å². The molecule has 0 atom stereocenters. The molecule has 0 aromatic rings. The summed E-state index contributed by atoms with van der Waals surface area (Å²) in [6, 6.07) is 0. The van der Waals surface area contributed by atoms with E-state index in [1.165, 1.54) is 23.4 Å². The van der Waals surface area contributed by atoms with Gasteiger partial charge in [0.25, 0.3) is 0 Å². The second kappa shape index (κ2) is 10.7. The normalized spacial score (nSPS) is 12.8. The van der Waals surface area contributed by atoms with Gasteiger partial charge in [0.15, 0.2) is 0 Å². The molecule has 20 heavy (non-hydrogen) atoms. The highest BCUT2D eigenvalue weighted by Crippen LogP contribution is 2.30. The number of hydrogen-bond acceptors (Lipinski definition) is 1. The molecule has 0 aliphatic heterocycles. The number of hydrogen-bond donors (Lipinski definition) is 0. The van der Waals surface area contributed by atoms with Crippen LogP contribution in [0.15, 0.2) is 0 Å². The van der Waals surface area contributed by atoms with E-state index in [1.54, 1.807) is 0 Å². The van der Waals surface area contributed by atoms with Crippen molar-refractivity contribution in [3.63, 3.8) is 0 Å². The maximum Gasteiger partial charge on any atom is 0.423 e. The Morgan fingerprint density at radius 2 is 1.15 bits per heavy atom. The lowest BCUT2D eigenvalue weighted by atomic mass is 9.97. The van der Waals surface area contributed by atoms with Crippen LogP contribution in [-0.4, -0.2) is 35.2 Å². The molecule has 116 valence electrons. The van der Waals surface area contributed by atoms with Crippen LogP contribution in [0.5, 0.6) is 0 Å². The molecule has 0 saturated heterocycles. The molecule has 0 N–H and O–H groups in total. The molecule has 0 aliphatic rings. The van der Waals surface area contributed by atoms with E-state index in [2.05, 4.69) is 55.4 Å². The number of rotatable bonds is 11. The first-order valence-electron chi connectivity index (χ1n) is 8.50. The maximum atomic E-state index is 6.63. The van der Waals surface area contributed by atoms with E-state index in [-0.39, 0.29) is 20.0 Å². The van der Waals surface area contributed by atoms with Crippen molar-refractivity contribution < 1.29 is 3.79 Å². The van der Waals surface area contributed by atoms with Gasteiger partial charge in [-0.2, -0.15) is 0 Å². The molecule has 0 aromatic heterocycles. The smallest absolute Gasteiger partial charge is 0.423 e. The van der Waals surface area contributed by atoms with E-state index in [1.807, 2.05) is 0 Å². The summed E-state index contributed by atoms with van der Waals surface area (Å²) in [6.07, 6.45) is 2.52. The van der Waals surface area contributed by atoms with Gasteiger partial charge in [0, 0.05) is 0 Å². The summed E-state index contributed by atoms with van der Waals surface area (Å²) in [4.78, 5) is 0. The highest BCUT2D eigenvalue weighted by atomic mass is 27.1. The second-order valence-electron chi connectivity index (χ2n) is 8.01. The Bertz CT molecular complexity index is 227. The van der Waals surface area contributed by atoms with Gasteiger partial charge in [-0.3, -0.25) is 0 Å². The molecule has 0 fully saturated rings.